The molecular formula is C104H71BN4. The molecule has 510 valence electrons. The Balaban J connectivity index is 0.892. The Labute approximate surface area is 639 Å². The van der Waals surface area contributed by atoms with Gasteiger partial charge in [-0.25, -0.2) is 0 Å². The molecule has 0 amide bonds. The standard InChI is InChI=1S/C104H71BN4/c1-68-58-90(73-34-13-6-14-35-73)104(91(59-68)81-43-26-41-79(65-81)77-39-24-37-75(63-77)71-30-9-4-10-31-71)109-99-67-83(107-96-52-21-17-46-88(96)89-47-18-22-53-97(89)107)55-57-93(99)105-92-56-54-82(106-94-50-19-15-44-86(94)87-45-16-20-51-95(87)106)66-98(92)108(100-60-69(2)61-101(109)102(100)105)103-84(72-32-11-5-12-33-72)48-27-49-85(103)80-42-25-40-78(64-80)76-38-23-36-74(62-76)70-28-7-3-8-29-70/h3-67H,1-2H3/i2D3. The molecule has 19 aromatic rings. The van der Waals surface area contributed by atoms with E-state index in [9.17, 15) is 4.11 Å². The van der Waals surface area contributed by atoms with Gasteiger partial charge in [-0.2, -0.15) is 0 Å². The predicted molar refractivity (Wildman–Crippen MR) is 462 cm³/mol. The molecule has 0 spiro atoms. The molecular weight excluding hydrogens is 1320 g/mol. The molecule has 0 unspecified atom stereocenters. The Morgan fingerprint density at radius 3 is 0.945 bits per heavy atom. The summed E-state index contributed by atoms with van der Waals surface area (Å²) in [7, 11) is 0. The number of nitrogens with zero attached hydrogens (tertiary/aromatic N) is 4. The van der Waals surface area contributed by atoms with Crippen molar-refractivity contribution >= 4 is 101 Å². The van der Waals surface area contributed by atoms with Gasteiger partial charge in [0.1, 0.15) is 0 Å². The quantitative estimate of drug-likeness (QED) is 0.113. The molecule has 5 heteroatoms. The van der Waals surface area contributed by atoms with Gasteiger partial charge >= 0.3 is 0 Å². The van der Waals surface area contributed by atoms with Crippen LogP contribution in [0.3, 0.4) is 0 Å². The van der Waals surface area contributed by atoms with Crippen molar-refractivity contribution in [3.8, 4) is 100 Å². The molecule has 17 aromatic carbocycles. The number of hydrogen-bond acceptors (Lipinski definition) is 2. The van der Waals surface area contributed by atoms with Crippen LogP contribution in [-0.2, 0) is 0 Å². The smallest absolute Gasteiger partial charge is 0.252 e. The van der Waals surface area contributed by atoms with E-state index in [0.29, 0.717) is 0 Å². The third kappa shape index (κ3) is 10.6. The Morgan fingerprint density at radius 2 is 0.532 bits per heavy atom. The zero-order chi connectivity index (χ0) is 74.7. The van der Waals surface area contributed by atoms with Crippen LogP contribution in [0.15, 0.2) is 394 Å². The van der Waals surface area contributed by atoms with E-state index >= 15 is 0 Å². The van der Waals surface area contributed by atoms with Gasteiger partial charge in [0.05, 0.1) is 33.4 Å². The lowest BCUT2D eigenvalue weighted by atomic mass is 9.33. The van der Waals surface area contributed by atoms with Crippen molar-refractivity contribution < 1.29 is 4.11 Å². The maximum atomic E-state index is 10.0. The third-order valence-corrected chi connectivity index (χ3v) is 22.6. The second-order valence-corrected chi connectivity index (χ2v) is 29.0. The zero-order valence-electron chi connectivity index (χ0n) is 62.9. The molecule has 0 bridgehead atoms. The molecule has 109 heavy (non-hydrogen) atoms. The minimum absolute atomic E-state index is 0.216. The molecule has 0 atom stereocenters. The van der Waals surface area contributed by atoms with Gasteiger partial charge in [0.15, 0.2) is 0 Å². The van der Waals surface area contributed by atoms with Crippen LogP contribution in [0, 0.1) is 13.8 Å². The number of aromatic nitrogens is 2. The van der Waals surface area contributed by atoms with E-state index in [0.717, 1.165) is 200 Å². The first-order valence-electron chi connectivity index (χ1n) is 39.1. The Kier molecular flexibility index (Phi) is 14.4. The van der Waals surface area contributed by atoms with Gasteiger partial charge in [-0.05, 0) is 205 Å². The normalized spacial score (nSPS) is 12.8. The summed E-state index contributed by atoms with van der Waals surface area (Å²) in [6.07, 6.45) is 0. The highest BCUT2D eigenvalue weighted by Crippen LogP contribution is 2.55. The van der Waals surface area contributed by atoms with Gasteiger partial charge in [-0.1, -0.05) is 297 Å². The van der Waals surface area contributed by atoms with Crippen LogP contribution in [-0.4, -0.2) is 15.8 Å². The van der Waals surface area contributed by atoms with E-state index in [2.05, 4.69) is 408 Å². The fraction of sp³-hybridized carbons (Fsp3) is 0.0192. The van der Waals surface area contributed by atoms with Crippen molar-refractivity contribution in [1.82, 2.24) is 9.13 Å². The second-order valence-electron chi connectivity index (χ2n) is 29.0. The van der Waals surface area contributed by atoms with Gasteiger partial charge in [0.25, 0.3) is 6.71 Å². The average molecular weight is 1390 g/mol. The lowest BCUT2D eigenvalue weighted by Crippen LogP contribution is -2.61. The van der Waals surface area contributed by atoms with E-state index in [-0.39, 0.29) is 5.56 Å². The topological polar surface area (TPSA) is 16.3 Å². The van der Waals surface area contributed by atoms with Crippen molar-refractivity contribution in [3.05, 3.63) is 405 Å². The molecule has 2 aliphatic heterocycles. The summed E-state index contributed by atoms with van der Waals surface area (Å²) in [5.74, 6) is 0. The SMILES string of the molecule is [2H]C([2H])([2H])c1cc2c3c(c1)N(c1c(-c4ccccc4)cc(C)cc1-c1cccc(-c4cccc(-c5ccccc5)c4)c1)c1cc(-n4c5ccccc5c5ccccc54)ccc1B3c1ccc(-n3c4ccccc4c4ccccc43)cc1N2c1c(-c2ccccc2)cccc1-c1cccc(-c2cccc(-c3ccccc3)c2)c1. The van der Waals surface area contributed by atoms with Gasteiger partial charge in [0, 0.05) is 82.0 Å². The molecule has 0 fully saturated rings. The van der Waals surface area contributed by atoms with Gasteiger partial charge in [-0.15, -0.1) is 0 Å². The number of rotatable bonds is 12. The molecule has 4 heterocycles. The predicted octanol–water partition coefficient (Wildman–Crippen LogP) is 25.9. The number of fused-ring (bicyclic) bond motifs is 10. The number of benzene rings is 17. The summed E-state index contributed by atoms with van der Waals surface area (Å²) in [6, 6.07) is 143. The minimum atomic E-state index is -2.61. The lowest BCUT2D eigenvalue weighted by molar-refractivity contribution is 1.16. The molecule has 0 saturated heterocycles. The molecule has 2 aromatic heterocycles. The van der Waals surface area contributed by atoms with Crippen molar-refractivity contribution in [2.75, 3.05) is 9.80 Å². The van der Waals surface area contributed by atoms with Crippen molar-refractivity contribution in [2.45, 2.75) is 13.8 Å². The fourth-order valence-corrected chi connectivity index (χ4v) is 17.8. The number of para-hydroxylation sites is 5. The number of anilines is 6. The average Bonchev–Trinajstić information content (AvgIpc) is 0.838. The van der Waals surface area contributed by atoms with Gasteiger partial charge < -0.3 is 18.9 Å². The maximum absolute atomic E-state index is 10.0. The summed E-state index contributed by atoms with van der Waals surface area (Å²) >= 11 is 0. The maximum Gasteiger partial charge on any atom is 0.252 e. The fourth-order valence-electron chi connectivity index (χ4n) is 17.8. The zero-order valence-corrected chi connectivity index (χ0v) is 59.9. The first-order chi connectivity index (χ1) is 55.1. The second kappa shape index (κ2) is 26.0. The van der Waals surface area contributed by atoms with E-state index in [4.69, 9.17) is 0 Å². The van der Waals surface area contributed by atoms with Gasteiger partial charge in [-0.3, -0.25) is 0 Å². The van der Waals surface area contributed by atoms with Crippen LogP contribution < -0.4 is 26.2 Å². The summed E-state index contributed by atoms with van der Waals surface area (Å²) in [5, 5.41) is 4.63. The molecule has 2 aliphatic rings. The van der Waals surface area contributed by atoms with Crippen LogP contribution in [0.4, 0.5) is 34.1 Å². The van der Waals surface area contributed by atoms with Crippen LogP contribution in [0.25, 0.3) is 144 Å². The van der Waals surface area contributed by atoms with E-state index in [1.165, 1.54) is 0 Å². The Morgan fingerprint density at radius 1 is 0.229 bits per heavy atom. The number of aryl methyl sites for hydroxylation is 2. The largest absolute Gasteiger partial charge is 0.310 e. The molecule has 0 aliphatic carbocycles. The molecule has 0 radical (unpaired) electrons. The Hall–Kier alpha value is -14.0. The molecule has 4 nitrogen and oxygen atoms in total. The van der Waals surface area contributed by atoms with Crippen LogP contribution in [0.2, 0.25) is 0 Å². The third-order valence-electron chi connectivity index (χ3n) is 22.6. The van der Waals surface area contributed by atoms with Crippen molar-refractivity contribution in [2.24, 2.45) is 0 Å². The summed E-state index contributed by atoms with van der Waals surface area (Å²) in [5.41, 5.74) is 32.9. The first kappa shape index (κ1) is 60.3. The highest BCUT2D eigenvalue weighted by atomic mass is 15.2. The summed E-state index contributed by atoms with van der Waals surface area (Å²) < 4.78 is 34.8. The Bertz CT molecular complexity index is 6860. The molecule has 0 N–H and O–H groups in total. The van der Waals surface area contributed by atoms with Crippen molar-refractivity contribution in [3.63, 3.8) is 0 Å². The van der Waals surface area contributed by atoms with Crippen LogP contribution in [0.1, 0.15) is 15.2 Å². The lowest BCUT2D eigenvalue weighted by Gasteiger charge is -2.46. The van der Waals surface area contributed by atoms with E-state index in [1.54, 1.807) is 0 Å². The number of hydrogen-bond donors (Lipinski definition) is 0. The van der Waals surface area contributed by atoms with Crippen LogP contribution >= 0.6 is 0 Å². The summed E-state index contributed by atoms with van der Waals surface area (Å²) in [4.78, 5) is 4.94. The van der Waals surface area contributed by atoms with Crippen LogP contribution in [0.5, 0.6) is 0 Å². The highest BCUT2D eigenvalue weighted by molar-refractivity contribution is 7.00. The van der Waals surface area contributed by atoms with E-state index in [1.807, 2.05) is 12.1 Å². The highest BCUT2D eigenvalue weighted by Gasteiger charge is 2.46. The minimum Gasteiger partial charge on any atom is -0.310 e. The monoisotopic (exact) mass is 1390 g/mol. The summed E-state index contributed by atoms with van der Waals surface area (Å²) in [6.45, 7) is -0.860. The first-order valence-corrected chi connectivity index (χ1v) is 37.6. The van der Waals surface area contributed by atoms with Gasteiger partial charge in [0.2, 0.25) is 0 Å². The molecule has 21 rings (SSSR count). The van der Waals surface area contributed by atoms with E-state index < -0.39 is 13.6 Å². The molecule has 0 saturated carbocycles. The van der Waals surface area contributed by atoms with Crippen molar-refractivity contribution in [1.29, 1.82) is 0 Å².